The number of fused-ring (bicyclic) bond motifs is 1. The van der Waals surface area contributed by atoms with E-state index in [1.54, 1.807) is 6.33 Å². The molecule has 2 aromatic heterocycles. The number of likely N-dealkylation sites (tertiary alicyclic amines) is 1. The minimum absolute atomic E-state index is 0.206. The van der Waals surface area contributed by atoms with Gasteiger partial charge in [0.15, 0.2) is 11.5 Å². The number of aromatic nitrogens is 4. The van der Waals surface area contributed by atoms with Crippen LogP contribution < -0.4 is 5.73 Å². The fourth-order valence-corrected chi connectivity index (χ4v) is 2.95. The molecule has 0 radical (unpaired) electrons. The highest BCUT2D eigenvalue weighted by atomic mass is 16.2. The summed E-state index contributed by atoms with van der Waals surface area (Å²) in [5.74, 6) is 1.30. The number of anilines is 1. The van der Waals surface area contributed by atoms with E-state index in [9.17, 15) is 4.79 Å². The molecular weight excluding hydrogens is 280 g/mol. The maximum Gasteiger partial charge on any atom is 0.224 e. The Balaban J connectivity index is 1.64. The summed E-state index contributed by atoms with van der Waals surface area (Å²) in [7, 11) is 0. The molecular formula is C15H22N6O. The lowest BCUT2D eigenvalue weighted by molar-refractivity contribution is -0.131. The van der Waals surface area contributed by atoms with Crippen LogP contribution in [0.3, 0.4) is 0 Å². The quantitative estimate of drug-likeness (QED) is 0.926. The van der Waals surface area contributed by atoms with Gasteiger partial charge < -0.3 is 15.2 Å². The summed E-state index contributed by atoms with van der Waals surface area (Å²) in [6.07, 6.45) is 6.98. The Morgan fingerprint density at radius 3 is 3.05 bits per heavy atom. The zero-order valence-corrected chi connectivity index (χ0v) is 12.9. The number of rotatable bonds is 3. The van der Waals surface area contributed by atoms with E-state index >= 15 is 0 Å². The number of carbonyl (C=O) groups excluding carboxylic acids is 1. The van der Waals surface area contributed by atoms with Crippen LogP contribution in [0.25, 0.3) is 11.2 Å². The Hall–Kier alpha value is -2.18. The summed E-state index contributed by atoms with van der Waals surface area (Å²) in [5.41, 5.74) is 7.05. The van der Waals surface area contributed by atoms with Crippen molar-refractivity contribution < 1.29 is 4.79 Å². The van der Waals surface area contributed by atoms with Gasteiger partial charge in [0.1, 0.15) is 11.8 Å². The average molecular weight is 302 g/mol. The van der Waals surface area contributed by atoms with Gasteiger partial charge in [-0.05, 0) is 25.2 Å². The lowest BCUT2D eigenvalue weighted by atomic mass is 10.0. The van der Waals surface area contributed by atoms with Gasteiger partial charge in [0.2, 0.25) is 5.91 Å². The normalized spacial score (nSPS) is 19.3. The molecule has 118 valence electrons. The third-order valence-corrected chi connectivity index (χ3v) is 4.37. The first kappa shape index (κ1) is 14.7. The van der Waals surface area contributed by atoms with E-state index in [1.807, 2.05) is 9.47 Å². The van der Waals surface area contributed by atoms with Gasteiger partial charge in [-0.25, -0.2) is 15.0 Å². The minimum Gasteiger partial charge on any atom is -0.382 e. The van der Waals surface area contributed by atoms with Gasteiger partial charge in [0.05, 0.1) is 6.33 Å². The van der Waals surface area contributed by atoms with Gasteiger partial charge in [-0.1, -0.05) is 6.92 Å². The molecule has 0 spiro atoms. The molecule has 2 aromatic rings. The predicted molar refractivity (Wildman–Crippen MR) is 83.9 cm³/mol. The van der Waals surface area contributed by atoms with Crippen LogP contribution in [0.2, 0.25) is 0 Å². The average Bonchev–Trinajstić information content (AvgIpc) is 2.80. The molecule has 1 aliphatic rings. The Morgan fingerprint density at radius 1 is 1.32 bits per heavy atom. The summed E-state index contributed by atoms with van der Waals surface area (Å²) in [4.78, 5) is 26.7. The van der Waals surface area contributed by atoms with Crippen LogP contribution in [0, 0.1) is 5.92 Å². The number of carbonyl (C=O) groups is 1. The van der Waals surface area contributed by atoms with Gasteiger partial charge in [0.25, 0.3) is 0 Å². The maximum absolute atomic E-state index is 12.4. The van der Waals surface area contributed by atoms with Crippen molar-refractivity contribution in [2.45, 2.75) is 39.2 Å². The number of amides is 1. The molecule has 1 atom stereocenters. The minimum atomic E-state index is 0.206. The molecule has 1 unspecified atom stereocenters. The van der Waals surface area contributed by atoms with Crippen molar-refractivity contribution in [3.63, 3.8) is 0 Å². The number of nitrogens with zero attached hydrogens (tertiary/aromatic N) is 5. The van der Waals surface area contributed by atoms with Crippen molar-refractivity contribution >= 4 is 22.9 Å². The fraction of sp³-hybridized carbons (Fsp3) is 0.600. The molecule has 0 bridgehead atoms. The number of imidazole rings is 1. The predicted octanol–water partition coefficient (Wildman–Crippen LogP) is 1.45. The molecule has 7 heteroatoms. The second-order valence-corrected chi connectivity index (χ2v) is 6.04. The van der Waals surface area contributed by atoms with Crippen LogP contribution >= 0.6 is 0 Å². The summed E-state index contributed by atoms with van der Waals surface area (Å²) in [5, 5.41) is 0. The van der Waals surface area contributed by atoms with Crippen LogP contribution in [0.15, 0.2) is 12.7 Å². The van der Waals surface area contributed by atoms with Crippen LogP contribution in [0.4, 0.5) is 5.82 Å². The van der Waals surface area contributed by atoms with Crippen molar-refractivity contribution in [1.82, 2.24) is 24.4 Å². The third kappa shape index (κ3) is 3.03. The van der Waals surface area contributed by atoms with Crippen molar-refractivity contribution in [3.8, 4) is 0 Å². The number of aryl methyl sites for hydroxylation is 1. The van der Waals surface area contributed by atoms with Crippen molar-refractivity contribution in [1.29, 1.82) is 0 Å². The van der Waals surface area contributed by atoms with E-state index in [2.05, 4.69) is 21.9 Å². The zero-order valence-electron chi connectivity index (χ0n) is 12.9. The van der Waals surface area contributed by atoms with E-state index in [1.165, 1.54) is 12.7 Å². The molecule has 22 heavy (non-hydrogen) atoms. The topological polar surface area (TPSA) is 89.9 Å². The Bertz CT molecular complexity index is 667. The van der Waals surface area contributed by atoms with Crippen LogP contribution in [-0.4, -0.2) is 43.4 Å². The highest BCUT2D eigenvalue weighted by molar-refractivity contribution is 5.81. The first-order valence-electron chi connectivity index (χ1n) is 7.84. The lowest BCUT2D eigenvalue weighted by Crippen LogP contribution is -2.32. The lowest BCUT2D eigenvalue weighted by Gasteiger charge is -2.20. The fourth-order valence-electron chi connectivity index (χ4n) is 2.95. The molecule has 0 aliphatic carbocycles. The summed E-state index contributed by atoms with van der Waals surface area (Å²) < 4.78 is 1.87. The number of hydrogen-bond donors (Lipinski definition) is 1. The van der Waals surface area contributed by atoms with Crippen LogP contribution in [-0.2, 0) is 11.3 Å². The summed E-state index contributed by atoms with van der Waals surface area (Å²) in [6, 6.07) is 0. The van der Waals surface area contributed by atoms with E-state index in [-0.39, 0.29) is 5.91 Å². The van der Waals surface area contributed by atoms with Gasteiger partial charge in [-0.15, -0.1) is 0 Å². The van der Waals surface area contributed by atoms with E-state index in [4.69, 9.17) is 5.73 Å². The summed E-state index contributed by atoms with van der Waals surface area (Å²) in [6.45, 7) is 4.58. The van der Waals surface area contributed by atoms with E-state index in [0.29, 0.717) is 29.9 Å². The van der Waals surface area contributed by atoms with Gasteiger partial charge >= 0.3 is 0 Å². The largest absolute Gasteiger partial charge is 0.382 e. The first-order valence-corrected chi connectivity index (χ1v) is 7.84. The molecule has 1 aliphatic heterocycles. The molecule has 3 heterocycles. The second-order valence-electron chi connectivity index (χ2n) is 6.04. The molecule has 1 saturated heterocycles. The van der Waals surface area contributed by atoms with Gasteiger partial charge in [-0.3, -0.25) is 4.79 Å². The molecule has 1 amide bonds. The third-order valence-electron chi connectivity index (χ3n) is 4.37. The van der Waals surface area contributed by atoms with Crippen molar-refractivity contribution in [2.24, 2.45) is 5.92 Å². The molecule has 0 saturated carbocycles. The molecule has 2 N–H and O–H groups in total. The maximum atomic E-state index is 12.4. The monoisotopic (exact) mass is 302 g/mol. The molecule has 3 rings (SSSR count). The SMILES string of the molecule is CC1CCCN(C(=O)CCn2cnc3c(N)ncnc32)CC1. The Labute approximate surface area is 129 Å². The zero-order chi connectivity index (χ0) is 15.5. The summed E-state index contributed by atoms with van der Waals surface area (Å²) >= 11 is 0. The second kappa shape index (κ2) is 6.29. The van der Waals surface area contributed by atoms with E-state index in [0.717, 1.165) is 31.8 Å². The Morgan fingerprint density at radius 2 is 2.18 bits per heavy atom. The molecule has 7 nitrogen and oxygen atoms in total. The first-order chi connectivity index (χ1) is 10.6. The molecule has 0 aromatic carbocycles. The van der Waals surface area contributed by atoms with Crippen molar-refractivity contribution in [3.05, 3.63) is 12.7 Å². The van der Waals surface area contributed by atoms with Gasteiger partial charge in [0, 0.05) is 26.1 Å². The molecule has 1 fully saturated rings. The highest BCUT2D eigenvalue weighted by Crippen LogP contribution is 2.18. The Kier molecular flexibility index (Phi) is 4.22. The number of hydrogen-bond acceptors (Lipinski definition) is 5. The standard InChI is InChI=1S/C15H22N6O/c1-11-3-2-6-20(7-4-11)12(22)5-8-21-10-19-13-14(16)17-9-18-15(13)21/h9-11H,2-8H2,1H3,(H2,16,17,18). The van der Waals surface area contributed by atoms with Crippen molar-refractivity contribution in [2.75, 3.05) is 18.8 Å². The number of nitrogens with two attached hydrogens (primary N) is 1. The number of nitrogen functional groups attached to an aromatic ring is 1. The van der Waals surface area contributed by atoms with Crippen LogP contribution in [0.1, 0.15) is 32.6 Å². The highest BCUT2D eigenvalue weighted by Gasteiger charge is 2.18. The van der Waals surface area contributed by atoms with Gasteiger partial charge in [-0.2, -0.15) is 0 Å². The van der Waals surface area contributed by atoms with Crippen LogP contribution in [0.5, 0.6) is 0 Å². The van der Waals surface area contributed by atoms with E-state index < -0.39 is 0 Å². The smallest absolute Gasteiger partial charge is 0.224 e.